The van der Waals surface area contributed by atoms with Crippen LogP contribution < -0.4 is 5.32 Å². The fourth-order valence-electron chi connectivity index (χ4n) is 2.40. The molecule has 0 saturated heterocycles. The first kappa shape index (κ1) is 17.1. The van der Waals surface area contributed by atoms with Crippen molar-refractivity contribution in [1.82, 2.24) is 4.98 Å². The lowest BCUT2D eigenvalue weighted by Crippen LogP contribution is -2.11. The zero-order chi connectivity index (χ0) is 18.3. The average molecular weight is 452 g/mol. The maximum Gasteiger partial charge on any atom is 0.291 e. The molecular weight excluding hydrogens is 443 g/mol. The van der Waals surface area contributed by atoms with E-state index in [1.54, 1.807) is 48.5 Å². The third-order valence-electron chi connectivity index (χ3n) is 3.61. The van der Waals surface area contributed by atoms with Gasteiger partial charge in [-0.05, 0) is 64.5 Å². The molecule has 0 radical (unpaired) electrons. The number of furan rings is 1. The van der Waals surface area contributed by atoms with Gasteiger partial charge in [-0.15, -0.1) is 0 Å². The molecule has 0 atom stereocenters. The van der Waals surface area contributed by atoms with E-state index < -0.39 is 5.91 Å². The first-order valence-electron chi connectivity index (χ1n) is 7.42. The zero-order valence-electron chi connectivity index (χ0n) is 12.9. The molecular formula is C18H9BrCl2N2O3. The van der Waals surface area contributed by atoms with E-state index in [4.69, 9.17) is 32.0 Å². The van der Waals surface area contributed by atoms with Crippen molar-refractivity contribution in [2.75, 3.05) is 5.32 Å². The van der Waals surface area contributed by atoms with Gasteiger partial charge in [0.15, 0.2) is 16.0 Å². The summed E-state index contributed by atoms with van der Waals surface area (Å²) in [6.45, 7) is 0. The molecule has 0 spiro atoms. The number of aromatic nitrogens is 1. The van der Waals surface area contributed by atoms with Gasteiger partial charge in [0.1, 0.15) is 5.52 Å². The SMILES string of the molecule is O=C(Nc1cc(-c2nc3cc(Cl)ccc3o2)ccc1Cl)c1ccc(Br)o1. The number of halogens is 3. The maximum absolute atomic E-state index is 12.3. The molecule has 2 aromatic carbocycles. The standard InChI is InChI=1S/C18H9BrCl2N2O3/c19-16-6-5-15(25-16)17(24)22-12-7-9(1-3-11(12)21)18-23-13-8-10(20)2-4-14(13)26-18/h1-8H,(H,22,24). The van der Waals surface area contributed by atoms with Crippen LogP contribution in [0.15, 0.2) is 62.0 Å². The largest absolute Gasteiger partial charge is 0.444 e. The molecule has 1 amide bonds. The third-order valence-corrected chi connectivity index (χ3v) is 4.60. The second-order valence-corrected chi connectivity index (χ2v) is 7.01. The minimum atomic E-state index is -0.418. The second-order valence-electron chi connectivity index (χ2n) is 5.38. The number of nitrogens with one attached hydrogen (secondary N) is 1. The molecule has 0 aliphatic rings. The van der Waals surface area contributed by atoms with Gasteiger partial charge in [0.2, 0.25) is 5.89 Å². The van der Waals surface area contributed by atoms with Gasteiger partial charge < -0.3 is 14.2 Å². The van der Waals surface area contributed by atoms with Gasteiger partial charge in [0, 0.05) is 10.6 Å². The van der Waals surface area contributed by atoms with E-state index in [9.17, 15) is 4.79 Å². The van der Waals surface area contributed by atoms with Gasteiger partial charge >= 0.3 is 0 Å². The fourth-order valence-corrected chi connectivity index (χ4v) is 3.04. The molecule has 0 bridgehead atoms. The zero-order valence-corrected chi connectivity index (χ0v) is 16.0. The molecule has 4 aromatic rings. The van der Waals surface area contributed by atoms with E-state index in [-0.39, 0.29) is 5.76 Å². The smallest absolute Gasteiger partial charge is 0.291 e. The van der Waals surface area contributed by atoms with Crippen molar-refractivity contribution in [3.63, 3.8) is 0 Å². The van der Waals surface area contributed by atoms with Crippen molar-refractivity contribution in [2.45, 2.75) is 0 Å². The predicted octanol–water partition coefficient (Wildman–Crippen LogP) is 6.41. The van der Waals surface area contributed by atoms with Crippen LogP contribution in [0.25, 0.3) is 22.6 Å². The van der Waals surface area contributed by atoms with Gasteiger partial charge in [0.05, 0.1) is 10.7 Å². The average Bonchev–Trinajstić information content (AvgIpc) is 3.22. The van der Waals surface area contributed by atoms with Crippen LogP contribution in [-0.2, 0) is 0 Å². The van der Waals surface area contributed by atoms with Crippen molar-refractivity contribution in [2.24, 2.45) is 0 Å². The Bertz CT molecular complexity index is 1140. The van der Waals surface area contributed by atoms with Gasteiger partial charge in [-0.2, -0.15) is 0 Å². The van der Waals surface area contributed by atoms with Crippen LogP contribution >= 0.6 is 39.1 Å². The Morgan fingerprint density at radius 1 is 1.04 bits per heavy atom. The van der Waals surface area contributed by atoms with E-state index in [1.165, 1.54) is 0 Å². The van der Waals surface area contributed by atoms with Crippen LogP contribution in [0, 0.1) is 0 Å². The number of benzene rings is 2. The van der Waals surface area contributed by atoms with Crippen LogP contribution in [0.2, 0.25) is 10.0 Å². The number of rotatable bonds is 3. The topological polar surface area (TPSA) is 68.3 Å². The molecule has 5 nitrogen and oxygen atoms in total. The summed E-state index contributed by atoms with van der Waals surface area (Å²) in [5.74, 6) is 0.143. The number of anilines is 1. The summed E-state index contributed by atoms with van der Waals surface area (Å²) >= 11 is 15.3. The summed E-state index contributed by atoms with van der Waals surface area (Å²) in [7, 11) is 0. The van der Waals surface area contributed by atoms with Crippen LogP contribution in [-0.4, -0.2) is 10.9 Å². The lowest BCUT2D eigenvalue weighted by atomic mass is 10.2. The lowest BCUT2D eigenvalue weighted by molar-refractivity contribution is 0.0995. The first-order chi connectivity index (χ1) is 12.5. The highest BCUT2D eigenvalue weighted by molar-refractivity contribution is 9.10. The number of oxazole rings is 1. The van der Waals surface area contributed by atoms with E-state index in [2.05, 4.69) is 26.2 Å². The monoisotopic (exact) mass is 450 g/mol. The molecule has 2 heterocycles. The number of carbonyl (C=O) groups is 1. The summed E-state index contributed by atoms with van der Waals surface area (Å²) in [6.07, 6.45) is 0. The molecule has 0 aliphatic carbocycles. The van der Waals surface area contributed by atoms with Crippen molar-refractivity contribution in [3.8, 4) is 11.5 Å². The number of nitrogens with zero attached hydrogens (tertiary/aromatic N) is 1. The maximum atomic E-state index is 12.3. The Morgan fingerprint density at radius 3 is 2.65 bits per heavy atom. The normalized spacial score (nSPS) is 11.0. The van der Waals surface area contributed by atoms with Gasteiger partial charge in [-0.25, -0.2) is 4.98 Å². The van der Waals surface area contributed by atoms with Crippen LogP contribution in [0.5, 0.6) is 0 Å². The molecule has 8 heteroatoms. The molecule has 130 valence electrons. The Hall–Kier alpha value is -2.28. The van der Waals surface area contributed by atoms with Crippen LogP contribution in [0.4, 0.5) is 5.69 Å². The molecule has 0 fully saturated rings. The first-order valence-corrected chi connectivity index (χ1v) is 8.97. The van der Waals surface area contributed by atoms with E-state index >= 15 is 0 Å². The Morgan fingerprint density at radius 2 is 1.88 bits per heavy atom. The van der Waals surface area contributed by atoms with Gasteiger partial charge in [0.25, 0.3) is 5.91 Å². The number of carbonyl (C=O) groups excluding carboxylic acids is 1. The quantitative estimate of drug-likeness (QED) is 0.390. The second kappa shape index (κ2) is 6.79. The number of hydrogen-bond acceptors (Lipinski definition) is 4. The Kier molecular flexibility index (Phi) is 4.48. The molecule has 0 saturated carbocycles. The predicted molar refractivity (Wildman–Crippen MR) is 104 cm³/mol. The fraction of sp³-hybridized carbons (Fsp3) is 0. The Labute approximate surface area is 166 Å². The summed E-state index contributed by atoms with van der Waals surface area (Å²) in [6, 6.07) is 13.5. The minimum Gasteiger partial charge on any atom is -0.444 e. The molecule has 4 rings (SSSR count). The van der Waals surface area contributed by atoms with Crippen molar-refractivity contribution in [1.29, 1.82) is 0 Å². The molecule has 0 unspecified atom stereocenters. The van der Waals surface area contributed by atoms with Crippen LogP contribution in [0.3, 0.4) is 0 Å². The summed E-state index contributed by atoms with van der Waals surface area (Å²) in [5, 5.41) is 3.67. The highest BCUT2D eigenvalue weighted by atomic mass is 79.9. The summed E-state index contributed by atoms with van der Waals surface area (Å²) in [5.41, 5.74) is 2.35. The van der Waals surface area contributed by atoms with Crippen molar-refractivity contribution < 1.29 is 13.6 Å². The Balaban J connectivity index is 1.67. The molecule has 26 heavy (non-hydrogen) atoms. The highest BCUT2D eigenvalue weighted by Gasteiger charge is 2.15. The molecule has 2 aromatic heterocycles. The highest BCUT2D eigenvalue weighted by Crippen LogP contribution is 2.31. The third kappa shape index (κ3) is 3.35. The van der Waals surface area contributed by atoms with E-state index in [1.807, 2.05) is 0 Å². The number of fused-ring (bicyclic) bond motifs is 1. The van der Waals surface area contributed by atoms with Crippen molar-refractivity contribution in [3.05, 3.63) is 69.0 Å². The van der Waals surface area contributed by atoms with Crippen LogP contribution in [0.1, 0.15) is 10.6 Å². The van der Waals surface area contributed by atoms with Gasteiger partial charge in [-0.3, -0.25) is 4.79 Å². The number of hydrogen-bond donors (Lipinski definition) is 1. The van der Waals surface area contributed by atoms with E-state index in [0.717, 1.165) is 0 Å². The summed E-state index contributed by atoms with van der Waals surface area (Å²) < 4.78 is 11.5. The van der Waals surface area contributed by atoms with Crippen molar-refractivity contribution >= 4 is 61.8 Å². The van der Waals surface area contributed by atoms with E-state index in [0.29, 0.717) is 43.0 Å². The molecule has 1 N–H and O–H groups in total. The number of amides is 1. The minimum absolute atomic E-state index is 0.162. The molecule has 0 aliphatic heterocycles. The van der Waals surface area contributed by atoms with Gasteiger partial charge in [-0.1, -0.05) is 23.2 Å². The lowest BCUT2D eigenvalue weighted by Gasteiger charge is -2.07. The summed E-state index contributed by atoms with van der Waals surface area (Å²) in [4.78, 5) is 16.7.